The number of carbonyl (C=O) groups excluding carboxylic acids is 2. The molecule has 8 heteroatoms. The molecule has 0 radical (unpaired) electrons. The third-order valence-corrected chi connectivity index (χ3v) is 3.40. The molecule has 2 N–H and O–H groups in total. The quantitative estimate of drug-likeness (QED) is 0.784. The minimum absolute atomic E-state index is 0.109. The second kappa shape index (κ2) is 7.87. The molecule has 2 aromatic rings. The van der Waals surface area contributed by atoms with Crippen LogP contribution in [-0.2, 0) is 12.6 Å². The van der Waals surface area contributed by atoms with Crippen molar-refractivity contribution < 1.29 is 27.2 Å². The molecule has 0 aliphatic heterocycles. The lowest BCUT2D eigenvalue weighted by Gasteiger charge is -2.08. The molecule has 0 atom stereocenters. The molecule has 1 aromatic heterocycles. The number of amides is 2. The Morgan fingerprint density at radius 1 is 0.960 bits per heavy atom. The van der Waals surface area contributed by atoms with Gasteiger partial charge in [-0.05, 0) is 36.4 Å². The first kappa shape index (κ1) is 18.6. The molecule has 0 saturated carbocycles. The Kier molecular flexibility index (Phi) is 5.84. The summed E-state index contributed by atoms with van der Waals surface area (Å²) in [4.78, 5) is 23.6. The highest BCUT2D eigenvalue weighted by Gasteiger charge is 2.30. The Labute approximate surface area is 142 Å². The molecular formula is C17H17F3N2O3. The summed E-state index contributed by atoms with van der Waals surface area (Å²) in [7, 11) is 0. The highest BCUT2D eigenvalue weighted by atomic mass is 19.4. The largest absolute Gasteiger partial charge is 0.456 e. The van der Waals surface area contributed by atoms with Gasteiger partial charge >= 0.3 is 6.18 Å². The number of nitrogens with one attached hydrogen (secondary N) is 2. The lowest BCUT2D eigenvalue weighted by molar-refractivity contribution is -0.137. The van der Waals surface area contributed by atoms with Crippen LogP contribution >= 0.6 is 0 Å². The molecule has 0 aliphatic rings. The van der Waals surface area contributed by atoms with Crippen LogP contribution in [0.25, 0.3) is 0 Å². The van der Waals surface area contributed by atoms with Gasteiger partial charge in [-0.3, -0.25) is 9.59 Å². The van der Waals surface area contributed by atoms with E-state index in [2.05, 4.69) is 10.6 Å². The molecule has 0 aliphatic carbocycles. The first-order valence-corrected chi connectivity index (χ1v) is 7.63. The summed E-state index contributed by atoms with van der Waals surface area (Å²) in [6.45, 7) is 2.19. The van der Waals surface area contributed by atoms with Crippen molar-refractivity contribution in [1.82, 2.24) is 10.6 Å². The van der Waals surface area contributed by atoms with Crippen LogP contribution in [0.1, 0.15) is 39.2 Å². The molecule has 25 heavy (non-hydrogen) atoms. The number of furan rings is 1. The van der Waals surface area contributed by atoms with Crippen LogP contribution in [0.3, 0.4) is 0 Å². The summed E-state index contributed by atoms with van der Waals surface area (Å²) < 4.78 is 42.7. The molecule has 0 saturated heterocycles. The summed E-state index contributed by atoms with van der Waals surface area (Å²) in [6, 6.07) is 7.17. The van der Waals surface area contributed by atoms with E-state index in [4.69, 9.17) is 4.42 Å². The van der Waals surface area contributed by atoms with Crippen molar-refractivity contribution in [3.63, 3.8) is 0 Å². The van der Waals surface area contributed by atoms with Gasteiger partial charge in [0.2, 0.25) is 0 Å². The number of hydrogen-bond acceptors (Lipinski definition) is 3. The maximum absolute atomic E-state index is 12.5. The lowest BCUT2D eigenvalue weighted by atomic mass is 10.1. The summed E-state index contributed by atoms with van der Waals surface area (Å²) in [5.41, 5.74) is -0.709. The van der Waals surface area contributed by atoms with Crippen molar-refractivity contribution >= 4 is 11.8 Å². The number of aryl methyl sites for hydroxylation is 1. The lowest BCUT2D eigenvalue weighted by Crippen LogP contribution is -2.34. The van der Waals surface area contributed by atoms with Gasteiger partial charge in [-0.15, -0.1) is 0 Å². The van der Waals surface area contributed by atoms with Crippen molar-refractivity contribution in [2.45, 2.75) is 19.5 Å². The van der Waals surface area contributed by atoms with E-state index < -0.39 is 23.6 Å². The normalized spacial score (nSPS) is 11.2. The third kappa shape index (κ3) is 5.10. The standard InChI is InChI=1S/C17H17F3N2O3/c1-2-13-7-8-14(25-13)16(24)22-10-9-21-15(23)11-3-5-12(6-4-11)17(18,19)20/h3-8H,2,9-10H2,1H3,(H,21,23)(H,22,24). The molecule has 1 heterocycles. The first-order chi connectivity index (χ1) is 11.8. The van der Waals surface area contributed by atoms with Gasteiger partial charge in [0.15, 0.2) is 5.76 Å². The van der Waals surface area contributed by atoms with Crippen LogP contribution < -0.4 is 10.6 Å². The van der Waals surface area contributed by atoms with Gasteiger partial charge in [0.1, 0.15) is 5.76 Å². The average molecular weight is 354 g/mol. The molecular weight excluding hydrogens is 337 g/mol. The van der Waals surface area contributed by atoms with E-state index in [1.165, 1.54) is 0 Å². The van der Waals surface area contributed by atoms with E-state index in [0.717, 1.165) is 24.3 Å². The van der Waals surface area contributed by atoms with Crippen LogP contribution in [0, 0.1) is 0 Å². The number of alkyl halides is 3. The molecule has 0 unspecified atom stereocenters. The fraction of sp³-hybridized carbons (Fsp3) is 0.294. The molecule has 1 aromatic carbocycles. The fourth-order valence-corrected chi connectivity index (χ4v) is 2.04. The van der Waals surface area contributed by atoms with Gasteiger partial charge in [0, 0.05) is 25.1 Å². The van der Waals surface area contributed by atoms with Gasteiger partial charge in [-0.25, -0.2) is 0 Å². The van der Waals surface area contributed by atoms with Crippen LogP contribution in [0.4, 0.5) is 13.2 Å². The molecule has 2 amide bonds. The number of rotatable bonds is 6. The maximum atomic E-state index is 12.5. The molecule has 2 rings (SSSR count). The molecule has 0 spiro atoms. The van der Waals surface area contributed by atoms with Gasteiger partial charge in [-0.2, -0.15) is 13.2 Å². The summed E-state index contributed by atoms with van der Waals surface area (Å²) in [5, 5.41) is 5.09. The van der Waals surface area contributed by atoms with Crippen LogP contribution in [0.2, 0.25) is 0 Å². The predicted octanol–water partition coefficient (Wildman–Crippen LogP) is 3.02. The summed E-state index contributed by atoms with van der Waals surface area (Å²) in [5.74, 6) is -0.0376. The van der Waals surface area contributed by atoms with E-state index in [1.807, 2.05) is 6.92 Å². The summed E-state index contributed by atoms with van der Waals surface area (Å²) >= 11 is 0. The SMILES string of the molecule is CCc1ccc(C(=O)NCCNC(=O)c2ccc(C(F)(F)F)cc2)o1. The molecule has 134 valence electrons. The minimum Gasteiger partial charge on any atom is -0.456 e. The van der Waals surface area contributed by atoms with Gasteiger partial charge < -0.3 is 15.1 Å². The number of halogens is 3. The highest BCUT2D eigenvalue weighted by Crippen LogP contribution is 2.29. The van der Waals surface area contributed by atoms with E-state index in [9.17, 15) is 22.8 Å². The van der Waals surface area contributed by atoms with Crippen molar-refractivity contribution in [2.75, 3.05) is 13.1 Å². The van der Waals surface area contributed by atoms with Gasteiger partial charge in [0.05, 0.1) is 5.56 Å². The first-order valence-electron chi connectivity index (χ1n) is 7.63. The minimum atomic E-state index is -4.44. The molecule has 0 fully saturated rings. The Morgan fingerprint density at radius 3 is 2.08 bits per heavy atom. The second-order valence-electron chi connectivity index (χ2n) is 5.21. The maximum Gasteiger partial charge on any atom is 0.416 e. The van der Waals surface area contributed by atoms with E-state index in [0.29, 0.717) is 12.2 Å². The number of hydrogen-bond donors (Lipinski definition) is 2. The monoisotopic (exact) mass is 354 g/mol. The molecule has 0 bridgehead atoms. The number of benzene rings is 1. The number of carbonyl (C=O) groups is 2. The Hall–Kier alpha value is -2.77. The molecule has 5 nitrogen and oxygen atoms in total. The average Bonchev–Trinajstić information content (AvgIpc) is 3.07. The van der Waals surface area contributed by atoms with Crippen molar-refractivity contribution in [3.05, 3.63) is 59.0 Å². The summed E-state index contributed by atoms with van der Waals surface area (Å²) in [6.07, 6.45) is -3.76. The third-order valence-electron chi connectivity index (χ3n) is 3.40. The van der Waals surface area contributed by atoms with E-state index in [1.54, 1.807) is 12.1 Å². The van der Waals surface area contributed by atoms with Crippen molar-refractivity contribution in [3.8, 4) is 0 Å². The van der Waals surface area contributed by atoms with E-state index >= 15 is 0 Å². The highest BCUT2D eigenvalue weighted by molar-refractivity contribution is 5.94. The van der Waals surface area contributed by atoms with Crippen molar-refractivity contribution in [2.24, 2.45) is 0 Å². The van der Waals surface area contributed by atoms with Gasteiger partial charge in [0.25, 0.3) is 11.8 Å². The van der Waals surface area contributed by atoms with Crippen molar-refractivity contribution in [1.29, 1.82) is 0 Å². The van der Waals surface area contributed by atoms with E-state index in [-0.39, 0.29) is 24.4 Å². The predicted molar refractivity (Wildman–Crippen MR) is 84.2 cm³/mol. The van der Waals surface area contributed by atoms with Crippen LogP contribution in [0.15, 0.2) is 40.8 Å². The van der Waals surface area contributed by atoms with Crippen LogP contribution in [-0.4, -0.2) is 24.9 Å². The Morgan fingerprint density at radius 2 is 1.56 bits per heavy atom. The zero-order valence-corrected chi connectivity index (χ0v) is 13.4. The second-order valence-corrected chi connectivity index (χ2v) is 5.21. The smallest absolute Gasteiger partial charge is 0.416 e. The fourth-order valence-electron chi connectivity index (χ4n) is 2.04. The Bertz CT molecular complexity index is 736. The zero-order chi connectivity index (χ0) is 18.4. The van der Waals surface area contributed by atoms with Gasteiger partial charge in [-0.1, -0.05) is 6.92 Å². The Balaban J connectivity index is 1.77. The zero-order valence-electron chi connectivity index (χ0n) is 13.4. The van der Waals surface area contributed by atoms with Crippen LogP contribution in [0.5, 0.6) is 0 Å². The topological polar surface area (TPSA) is 71.3 Å².